The topological polar surface area (TPSA) is 92.7 Å². The Bertz CT molecular complexity index is 359. The quantitative estimate of drug-likeness (QED) is 0.708. The molecular weight excluding hydrogens is 226 g/mol. The lowest BCUT2D eigenvalue weighted by molar-refractivity contribution is -0.148. The van der Waals surface area contributed by atoms with Crippen LogP contribution in [0.3, 0.4) is 0 Å². The van der Waals surface area contributed by atoms with Gasteiger partial charge in [-0.15, -0.1) is 0 Å². The molecule has 1 unspecified atom stereocenters. The standard InChI is InChI=1S/C11H15NO5/c13-8-2-1-7(5-8)9(14)12-11(10(15)16)3-4-17-6-11/h7H,1-6H2,(H,12,14)(H,15,16)/t7?,11-/m0/s1. The van der Waals surface area contributed by atoms with E-state index < -0.39 is 11.5 Å². The molecule has 2 rings (SSSR count). The number of carboxylic acid groups (broad SMARTS) is 1. The van der Waals surface area contributed by atoms with E-state index in [0.29, 0.717) is 19.4 Å². The molecule has 94 valence electrons. The van der Waals surface area contributed by atoms with Crippen LogP contribution in [-0.4, -0.2) is 41.5 Å². The van der Waals surface area contributed by atoms with Crippen LogP contribution in [0.15, 0.2) is 0 Å². The number of carboxylic acids is 1. The highest BCUT2D eigenvalue weighted by molar-refractivity contribution is 5.93. The molecule has 2 atom stereocenters. The Kier molecular flexibility index (Phi) is 3.15. The summed E-state index contributed by atoms with van der Waals surface area (Å²) in [5, 5.41) is 11.7. The molecule has 0 radical (unpaired) electrons. The third-order valence-electron chi connectivity index (χ3n) is 3.41. The second kappa shape index (κ2) is 4.44. The minimum absolute atomic E-state index is 0.00522. The first-order valence-corrected chi connectivity index (χ1v) is 5.68. The van der Waals surface area contributed by atoms with Gasteiger partial charge in [-0.1, -0.05) is 0 Å². The predicted octanol–water partition coefficient (Wildman–Crippen LogP) is -0.284. The molecule has 0 bridgehead atoms. The minimum atomic E-state index is -1.30. The summed E-state index contributed by atoms with van der Waals surface area (Å²) in [6.07, 6.45) is 1.42. The van der Waals surface area contributed by atoms with Gasteiger partial charge >= 0.3 is 5.97 Å². The summed E-state index contributed by atoms with van der Waals surface area (Å²) in [4.78, 5) is 34.1. The van der Waals surface area contributed by atoms with Crippen LogP contribution in [0.4, 0.5) is 0 Å². The van der Waals surface area contributed by atoms with Crippen LogP contribution in [-0.2, 0) is 19.1 Å². The molecule has 2 N–H and O–H groups in total. The van der Waals surface area contributed by atoms with E-state index in [-0.39, 0.29) is 37.1 Å². The molecule has 1 aliphatic carbocycles. The van der Waals surface area contributed by atoms with Crippen LogP contribution in [0.5, 0.6) is 0 Å². The second-order valence-electron chi connectivity index (χ2n) is 4.66. The molecular formula is C11H15NO5. The zero-order valence-electron chi connectivity index (χ0n) is 9.40. The van der Waals surface area contributed by atoms with E-state index in [9.17, 15) is 14.4 Å². The molecule has 0 aromatic rings. The van der Waals surface area contributed by atoms with Gasteiger partial charge in [0.1, 0.15) is 5.78 Å². The van der Waals surface area contributed by atoms with Crippen LogP contribution in [0.2, 0.25) is 0 Å². The van der Waals surface area contributed by atoms with E-state index >= 15 is 0 Å². The van der Waals surface area contributed by atoms with Crippen LogP contribution < -0.4 is 5.32 Å². The number of ketones is 1. The summed E-state index contributed by atoms with van der Waals surface area (Å²) in [5.74, 6) is -1.73. The average Bonchev–Trinajstić information content (AvgIpc) is 2.87. The van der Waals surface area contributed by atoms with E-state index in [0.717, 1.165) is 0 Å². The van der Waals surface area contributed by atoms with E-state index in [1.165, 1.54) is 0 Å². The summed E-state index contributed by atoms with van der Waals surface area (Å²) >= 11 is 0. The molecule has 0 aromatic heterocycles. The van der Waals surface area contributed by atoms with Crippen LogP contribution in [0, 0.1) is 5.92 Å². The molecule has 6 nitrogen and oxygen atoms in total. The number of hydrogen-bond donors (Lipinski definition) is 2. The van der Waals surface area contributed by atoms with Crippen LogP contribution >= 0.6 is 0 Å². The molecule has 6 heteroatoms. The lowest BCUT2D eigenvalue weighted by Crippen LogP contribution is -2.56. The Morgan fingerprint density at radius 3 is 2.71 bits per heavy atom. The Morgan fingerprint density at radius 1 is 1.47 bits per heavy atom. The third kappa shape index (κ3) is 2.31. The van der Waals surface area contributed by atoms with Gasteiger partial charge in [-0.3, -0.25) is 9.59 Å². The van der Waals surface area contributed by atoms with Gasteiger partial charge in [0.05, 0.1) is 6.61 Å². The monoisotopic (exact) mass is 241 g/mol. The number of Topliss-reactive ketones (excluding diaryl/α,β-unsaturated/α-hetero) is 1. The third-order valence-corrected chi connectivity index (χ3v) is 3.41. The number of ether oxygens (including phenoxy) is 1. The molecule has 1 saturated carbocycles. The lowest BCUT2D eigenvalue weighted by atomic mass is 9.97. The second-order valence-corrected chi connectivity index (χ2v) is 4.66. The smallest absolute Gasteiger partial charge is 0.331 e. The number of carbonyl (C=O) groups is 3. The highest BCUT2D eigenvalue weighted by Gasteiger charge is 2.45. The molecule has 1 saturated heterocycles. The van der Waals surface area contributed by atoms with Gasteiger partial charge < -0.3 is 15.2 Å². The van der Waals surface area contributed by atoms with Crippen molar-refractivity contribution in [3.63, 3.8) is 0 Å². The van der Waals surface area contributed by atoms with Gasteiger partial charge in [0.15, 0.2) is 5.54 Å². The van der Waals surface area contributed by atoms with Gasteiger partial charge in [0, 0.05) is 31.8 Å². The molecule has 1 amide bonds. The van der Waals surface area contributed by atoms with E-state index in [1.807, 2.05) is 0 Å². The van der Waals surface area contributed by atoms with Crippen molar-refractivity contribution in [3.05, 3.63) is 0 Å². The average molecular weight is 241 g/mol. The van der Waals surface area contributed by atoms with Crippen molar-refractivity contribution >= 4 is 17.7 Å². The molecule has 0 spiro atoms. The van der Waals surface area contributed by atoms with Crippen molar-refractivity contribution < 1.29 is 24.2 Å². The van der Waals surface area contributed by atoms with Crippen molar-refractivity contribution in [2.45, 2.75) is 31.2 Å². The van der Waals surface area contributed by atoms with Gasteiger partial charge in [-0.25, -0.2) is 4.79 Å². The Balaban J connectivity index is 2.01. The SMILES string of the molecule is O=C1CCC(C(=O)N[C@@]2(C(=O)O)CCOC2)C1. The summed E-state index contributed by atoms with van der Waals surface area (Å²) in [6, 6.07) is 0. The molecule has 1 aliphatic heterocycles. The number of carbonyl (C=O) groups excluding carboxylic acids is 2. The number of nitrogens with one attached hydrogen (secondary N) is 1. The fraction of sp³-hybridized carbons (Fsp3) is 0.727. The summed E-state index contributed by atoms with van der Waals surface area (Å²) in [6.45, 7) is 0.324. The number of amides is 1. The molecule has 2 fully saturated rings. The highest BCUT2D eigenvalue weighted by Crippen LogP contribution is 2.25. The molecule has 1 heterocycles. The number of hydrogen-bond acceptors (Lipinski definition) is 4. The number of rotatable bonds is 3. The first-order chi connectivity index (χ1) is 8.03. The Morgan fingerprint density at radius 2 is 2.24 bits per heavy atom. The van der Waals surface area contributed by atoms with Crippen molar-refractivity contribution in [3.8, 4) is 0 Å². The summed E-state index contributed by atoms with van der Waals surface area (Å²) in [5.41, 5.74) is -1.30. The van der Waals surface area contributed by atoms with Crippen molar-refractivity contribution in [1.29, 1.82) is 0 Å². The molecule has 2 aliphatic rings. The Labute approximate surface area is 98.3 Å². The molecule has 0 aromatic carbocycles. The Hall–Kier alpha value is -1.43. The maximum Gasteiger partial charge on any atom is 0.331 e. The van der Waals surface area contributed by atoms with Crippen LogP contribution in [0.25, 0.3) is 0 Å². The maximum absolute atomic E-state index is 11.9. The lowest BCUT2D eigenvalue weighted by Gasteiger charge is -2.25. The van der Waals surface area contributed by atoms with Crippen molar-refractivity contribution in [2.24, 2.45) is 5.92 Å². The van der Waals surface area contributed by atoms with Gasteiger partial charge in [0.25, 0.3) is 0 Å². The minimum Gasteiger partial charge on any atom is -0.479 e. The number of aliphatic carboxylic acids is 1. The van der Waals surface area contributed by atoms with Crippen molar-refractivity contribution in [1.82, 2.24) is 5.32 Å². The highest BCUT2D eigenvalue weighted by atomic mass is 16.5. The first-order valence-electron chi connectivity index (χ1n) is 5.68. The van der Waals surface area contributed by atoms with Crippen LogP contribution in [0.1, 0.15) is 25.7 Å². The normalized spacial score (nSPS) is 32.7. The predicted molar refractivity (Wildman–Crippen MR) is 56.3 cm³/mol. The zero-order chi connectivity index (χ0) is 12.5. The zero-order valence-corrected chi connectivity index (χ0v) is 9.40. The first kappa shape index (κ1) is 12.0. The van der Waals surface area contributed by atoms with Gasteiger partial charge in [-0.05, 0) is 6.42 Å². The van der Waals surface area contributed by atoms with Gasteiger partial charge in [-0.2, -0.15) is 0 Å². The largest absolute Gasteiger partial charge is 0.479 e. The fourth-order valence-corrected chi connectivity index (χ4v) is 2.26. The maximum atomic E-state index is 11.9. The summed E-state index contributed by atoms with van der Waals surface area (Å²) in [7, 11) is 0. The van der Waals surface area contributed by atoms with Crippen molar-refractivity contribution in [2.75, 3.05) is 13.2 Å². The van der Waals surface area contributed by atoms with Gasteiger partial charge in [0.2, 0.25) is 5.91 Å². The van der Waals surface area contributed by atoms with E-state index in [1.54, 1.807) is 0 Å². The van der Waals surface area contributed by atoms with E-state index in [4.69, 9.17) is 9.84 Å². The summed E-state index contributed by atoms with van der Waals surface area (Å²) < 4.78 is 5.04. The molecule has 17 heavy (non-hydrogen) atoms. The fourth-order valence-electron chi connectivity index (χ4n) is 2.26. The van der Waals surface area contributed by atoms with E-state index in [2.05, 4.69) is 5.32 Å².